The zero-order chi connectivity index (χ0) is 14.2. The van der Waals surface area contributed by atoms with E-state index in [0.29, 0.717) is 23.9 Å². The molecule has 0 saturated carbocycles. The summed E-state index contributed by atoms with van der Waals surface area (Å²) in [7, 11) is -3.35. The Kier molecular flexibility index (Phi) is 4.99. The molecule has 0 spiro atoms. The quantitative estimate of drug-likeness (QED) is 0.740. The van der Waals surface area contributed by atoms with Crippen LogP contribution >= 0.6 is 38.9 Å². The fourth-order valence-corrected chi connectivity index (χ4v) is 6.51. The van der Waals surface area contributed by atoms with E-state index in [1.807, 2.05) is 13.8 Å². The highest BCUT2D eigenvalue weighted by Gasteiger charge is 2.32. The summed E-state index contributed by atoms with van der Waals surface area (Å²) in [4.78, 5) is 1.27. The van der Waals surface area contributed by atoms with E-state index in [4.69, 9.17) is 11.6 Å². The van der Waals surface area contributed by atoms with E-state index in [1.165, 1.54) is 11.3 Å². The van der Waals surface area contributed by atoms with Crippen LogP contribution in [-0.2, 0) is 10.0 Å². The van der Waals surface area contributed by atoms with Crippen molar-refractivity contribution in [3.8, 4) is 0 Å². The van der Waals surface area contributed by atoms with Crippen LogP contribution in [0.2, 0.25) is 0 Å². The molecule has 0 N–H and O–H groups in total. The molecule has 0 aliphatic carbocycles. The Morgan fingerprint density at radius 2 is 2.05 bits per heavy atom. The maximum atomic E-state index is 12.6. The Morgan fingerprint density at radius 1 is 1.47 bits per heavy atom. The summed E-state index contributed by atoms with van der Waals surface area (Å²) in [6, 6.07) is 1.70. The molecule has 3 nitrogen and oxygen atoms in total. The number of alkyl halides is 1. The van der Waals surface area contributed by atoms with Crippen molar-refractivity contribution in [3.05, 3.63) is 14.7 Å². The molecule has 0 aromatic carbocycles. The lowest BCUT2D eigenvalue weighted by Crippen LogP contribution is -2.40. The molecule has 7 heteroatoms. The predicted octanol–water partition coefficient (Wildman–Crippen LogP) is 3.85. The highest BCUT2D eigenvalue weighted by atomic mass is 79.9. The largest absolute Gasteiger partial charge is 0.244 e. The van der Waals surface area contributed by atoms with Crippen LogP contribution in [0, 0.1) is 12.8 Å². The molecular formula is C12H17BrClNO2S2. The van der Waals surface area contributed by atoms with Gasteiger partial charge in [-0.1, -0.05) is 0 Å². The molecular weight excluding hydrogens is 370 g/mol. The summed E-state index contributed by atoms with van der Waals surface area (Å²) in [6.45, 7) is 4.96. The molecule has 2 rings (SSSR count). The molecule has 1 fully saturated rings. The number of halogens is 2. The van der Waals surface area contributed by atoms with Crippen molar-refractivity contribution in [2.75, 3.05) is 13.1 Å². The maximum Gasteiger partial charge on any atom is 0.244 e. The van der Waals surface area contributed by atoms with Gasteiger partial charge in [-0.2, -0.15) is 4.31 Å². The summed E-state index contributed by atoms with van der Waals surface area (Å²) in [5.74, 6) is 0.420. The molecule has 0 radical (unpaired) electrons. The second-order valence-corrected chi connectivity index (χ2v) is 10.1. The van der Waals surface area contributed by atoms with Gasteiger partial charge in [-0.15, -0.1) is 22.9 Å². The number of hydrogen-bond acceptors (Lipinski definition) is 3. The van der Waals surface area contributed by atoms with Crippen LogP contribution in [0.3, 0.4) is 0 Å². The van der Waals surface area contributed by atoms with E-state index < -0.39 is 10.0 Å². The van der Waals surface area contributed by atoms with Gasteiger partial charge in [0.25, 0.3) is 0 Å². The molecule has 1 aromatic heterocycles. The van der Waals surface area contributed by atoms with Gasteiger partial charge in [0, 0.05) is 23.3 Å². The van der Waals surface area contributed by atoms with Gasteiger partial charge < -0.3 is 0 Å². The molecule has 1 aliphatic rings. The first-order chi connectivity index (χ1) is 8.82. The standard InChI is InChI=1S/C12H17BrClNO2S2/c1-8(14)10-3-5-15(6-4-10)19(16,17)11-7-12(13)18-9(11)2/h7-8,10H,3-6H2,1-2H3. The summed E-state index contributed by atoms with van der Waals surface area (Å²) in [5.41, 5.74) is 0. The summed E-state index contributed by atoms with van der Waals surface area (Å²) < 4.78 is 27.6. The maximum absolute atomic E-state index is 12.6. The molecule has 1 saturated heterocycles. The molecule has 1 aliphatic heterocycles. The topological polar surface area (TPSA) is 37.4 Å². The third-order valence-corrected chi connectivity index (χ3v) is 7.67. The zero-order valence-corrected chi connectivity index (χ0v) is 14.9. The van der Waals surface area contributed by atoms with Crippen LogP contribution in [-0.4, -0.2) is 31.2 Å². The zero-order valence-electron chi connectivity index (χ0n) is 10.9. The third-order valence-electron chi connectivity index (χ3n) is 3.61. The van der Waals surface area contributed by atoms with Crippen LogP contribution in [0.5, 0.6) is 0 Å². The fraction of sp³-hybridized carbons (Fsp3) is 0.667. The highest BCUT2D eigenvalue weighted by Crippen LogP contribution is 2.33. The van der Waals surface area contributed by atoms with Gasteiger partial charge in [-0.3, -0.25) is 0 Å². The van der Waals surface area contributed by atoms with Crippen molar-refractivity contribution in [2.24, 2.45) is 5.92 Å². The fourth-order valence-electron chi connectivity index (χ4n) is 2.40. The van der Waals surface area contributed by atoms with Gasteiger partial charge in [0.15, 0.2) is 0 Å². The molecule has 2 heterocycles. The minimum atomic E-state index is -3.35. The van der Waals surface area contributed by atoms with E-state index in [-0.39, 0.29) is 5.38 Å². The number of piperidine rings is 1. The van der Waals surface area contributed by atoms with Crippen LogP contribution in [0.4, 0.5) is 0 Å². The van der Waals surface area contributed by atoms with E-state index in [1.54, 1.807) is 10.4 Å². The first-order valence-corrected chi connectivity index (χ1v) is 9.71. The molecule has 19 heavy (non-hydrogen) atoms. The lowest BCUT2D eigenvalue weighted by molar-refractivity contribution is 0.271. The second kappa shape index (κ2) is 6.02. The normalized spacial score (nSPS) is 20.6. The van der Waals surface area contributed by atoms with Gasteiger partial charge >= 0.3 is 0 Å². The minimum Gasteiger partial charge on any atom is -0.207 e. The number of hydrogen-bond donors (Lipinski definition) is 0. The van der Waals surface area contributed by atoms with Crippen LogP contribution in [0.25, 0.3) is 0 Å². The Balaban J connectivity index is 2.16. The first-order valence-electron chi connectivity index (χ1n) is 6.22. The summed E-state index contributed by atoms with van der Waals surface area (Å²) >= 11 is 10.9. The van der Waals surface area contributed by atoms with Gasteiger partial charge in [0.05, 0.1) is 8.68 Å². The van der Waals surface area contributed by atoms with Gasteiger partial charge in [-0.05, 0) is 54.6 Å². The number of sulfonamides is 1. The monoisotopic (exact) mass is 385 g/mol. The van der Waals surface area contributed by atoms with Crippen molar-refractivity contribution >= 4 is 48.9 Å². The Hall–Kier alpha value is 0.380. The second-order valence-electron chi connectivity index (χ2n) is 4.89. The molecule has 1 unspecified atom stereocenters. The van der Waals surface area contributed by atoms with Gasteiger partial charge in [-0.25, -0.2) is 8.42 Å². The van der Waals surface area contributed by atoms with Crippen LogP contribution < -0.4 is 0 Å². The SMILES string of the molecule is Cc1sc(Br)cc1S(=O)(=O)N1CCC(C(C)Cl)CC1. The summed E-state index contributed by atoms with van der Waals surface area (Å²) in [6.07, 6.45) is 1.68. The lowest BCUT2D eigenvalue weighted by atomic mass is 9.95. The number of thiophene rings is 1. The first kappa shape index (κ1) is 15.8. The van der Waals surface area contributed by atoms with Crippen molar-refractivity contribution < 1.29 is 8.42 Å². The van der Waals surface area contributed by atoms with Gasteiger partial charge in [0.1, 0.15) is 0 Å². The lowest BCUT2D eigenvalue weighted by Gasteiger charge is -2.32. The smallest absolute Gasteiger partial charge is 0.207 e. The summed E-state index contributed by atoms with van der Waals surface area (Å²) in [5, 5.41) is 0.113. The average molecular weight is 387 g/mol. The van der Waals surface area contributed by atoms with E-state index >= 15 is 0 Å². The minimum absolute atomic E-state index is 0.113. The molecule has 0 bridgehead atoms. The predicted molar refractivity (Wildman–Crippen MR) is 83.6 cm³/mol. The molecule has 108 valence electrons. The van der Waals surface area contributed by atoms with Crippen molar-refractivity contribution in [3.63, 3.8) is 0 Å². The highest BCUT2D eigenvalue weighted by molar-refractivity contribution is 9.11. The van der Waals surface area contributed by atoms with E-state index in [0.717, 1.165) is 21.5 Å². The van der Waals surface area contributed by atoms with Crippen LogP contribution in [0.15, 0.2) is 14.7 Å². The number of rotatable bonds is 3. The average Bonchev–Trinajstić information content (AvgIpc) is 2.69. The van der Waals surface area contributed by atoms with Crippen LogP contribution in [0.1, 0.15) is 24.6 Å². The Labute approximate surface area is 132 Å². The Bertz CT molecular complexity index is 548. The number of nitrogens with zero attached hydrogens (tertiary/aromatic N) is 1. The molecule has 1 aromatic rings. The third kappa shape index (κ3) is 3.35. The van der Waals surface area contributed by atoms with E-state index in [9.17, 15) is 8.42 Å². The van der Waals surface area contributed by atoms with Gasteiger partial charge in [0.2, 0.25) is 10.0 Å². The molecule has 0 amide bonds. The molecule has 1 atom stereocenters. The Morgan fingerprint density at radius 3 is 2.47 bits per heavy atom. The van der Waals surface area contributed by atoms with E-state index in [2.05, 4.69) is 15.9 Å². The van der Waals surface area contributed by atoms with Crippen molar-refractivity contribution in [2.45, 2.75) is 37.0 Å². The van der Waals surface area contributed by atoms with Crippen molar-refractivity contribution in [1.29, 1.82) is 0 Å². The number of aryl methyl sites for hydroxylation is 1. The van der Waals surface area contributed by atoms with Crippen molar-refractivity contribution in [1.82, 2.24) is 4.31 Å².